The third kappa shape index (κ3) is 3.45. The Bertz CT molecular complexity index is 184. The van der Waals surface area contributed by atoms with E-state index in [0.717, 1.165) is 6.54 Å². The summed E-state index contributed by atoms with van der Waals surface area (Å²) in [6, 6.07) is 0.491. The fourth-order valence-electron chi connectivity index (χ4n) is 1.66. The molecule has 1 unspecified atom stereocenters. The van der Waals surface area contributed by atoms with Crippen molar-refractivity contribution in [3.05, 3.63) is 0 Å². The molecule has 0 bridgehead atoms. The summed E-state index contributed by atoms with van der Waals surface area (Å²) in [5.74, 6) is -0.0860. The van der Waals surface area contributed by atoms with E-state index in [9.17, 15) is 4.79 Å². The SMILES string of the molecule is CC1CCCCN1CC(=O)C(Cl)Cl. The quantitative estimate of drug-likeness (QED) is 0.685. The van der Waals surface area contributed by atoms with E-state index < -0.39 is 4.84 Å². The van der Waals surface area contributed by atoms with Crippen molar-refractivity contribution in [2.24, 2.45) is 0 Å². The van der Waals surface area contributed by atoms with Crippen molar-refractivity contribution < 1.29 is 4.79 Å². The lowest BCUT2D eigenvalue weighted by Crippen LogP contribution is -2.41. The Morgan fingerprint density at radius 2 is 2.23 bits per heavy atom. The van der Waals surface area contributed by atoms with Crippen LogP contribution in [0.4, 0.5) is 0 Å². The average Bonchev–Trinajstić information content (AvgIpc) is 2.08. The molecule has 1 rings (SSSR count). The number of Topliss-reactive ketones (excluding diaryl/α,β-unsaturated/α-hetero) is 1. The maximum atomic E-state index is 11.3. The Morgan fingerprint density at radius 3 is 2.77 bits per heavy atom. The van der Waals surface area contributed by atoms with E-state index in [0.29, 0.717) is 12.6 Å². The Hall–Kier alpha value is 0.210. The van der Waals surface area contributed by atoms with Gasteiger partial charge in [-0.1, -0.05) is 29.6 Å². The second kappa shape index (κ2) is 5.18. The van der Waals surface area contributed by atoms with Gasteiger partial charge < -0.3 is 0 Å². The molecule has 0 aromatic carbocycles. The molecular formula is C9H15Cl2NO. The van der Waals surface area contributed by atoms with Gasteiger partial charge in [-0.25, -0.2) is 0 Å². The third-order valence-corrected chi connectivity index (χ3v) is 3.03. The number of halogens is 2. The van der Waals surface area contributed by atoms with Crippen LogP contribution >= 0.6 is 23.2 Å². The molecule has 1 aliphatic heterocycles. The Labute approximate surface area is 89.2 Å². The van der Waals surface area contributed by atoms with Gasteiger partial charge in [-0.3, -0.25) is 9.69 Å². The summed E-state index contributed by atoms with van der Waals surface area (Å²) in [6.07, 6.45) is 3.60. The van der Waals surface area contributed by atoms with Crippen LogP contribution < -0.4 is 0 Å². The number of hydrogen-bond donors (Lipinski definition) is 0. The van der Waals surface area contributed by atoms with Gasteiger partial charge in [0.15, 0.2) is 10.6 Å². The highest BCUT2D eigenvalue weighted by Crippen LogP contribution is 2.17. The molecule has 1 fully saturated rings. The first-order chi connectivity index (χ1) is 6.11. The number of rotatable bonds is 3. The largest absolute Gasteiger partial charge is 0.295 e. The molecule has 0 radical (unpaired) electrons. The molecule has 1 atom stereocenters. The smallest absolute Gasteiger partial charge is 0.179 e. The molecule has 0 saturated carbocycles. The minimum Gasteiger partial charge on any atom is -0.295 e. The molecule has 0 aromatic rings. The number of likely N-dealkylation sites (tertiary alicyclic amines) is 1. The van der Waals surface area contributed by atoms with Crippen molar-refractivity contribution >= 4 is 29.0 Å². The van der Waals surface area contributed by atoms with Crippen molar-refractivity contribution in [2.75, 3.05) is 13.1 Å². The summed E-state index contributed by atoms with van der Waals surface area (Å²) in [7, 11) is 0. The number of alkyl halides is 2. The maximum Gasteiger partial charge on any atom is 0.179 e. The summed E-state index contributed by atoms with van der Waals surface area (Å²) in [6.45, 7) is 3.54. The molecule has 76 valence electrons. The lowest BCUT2D eigenvalue weighted by atomic mass is 10.0. The van der Waals surface area contributed by atoms with E-state index in [-0.39, 0.29) is 5.78 Å². The first-order valence-electron chi connectivity index (χ1n) is 4.66. The highest BCUT2D eigenvalue weighted by Gasteiger charge is 2.22. The zero-order valence-electron chi connectivity index (χ0n) is 7.80. The molecule has 0 N–H and O–H groups in total. The monoisotopic (exact) mass is 223 g/mol. The van der Waals surface area contributed by atoms with Crippen LogP contribution in [0.1, 0.15) is 26.2 Å². The van der Waals surface area contributed by atoms with E-state index in [1.165, 1.54) is 19.3 Å². The topological polar surface area (TPSA) is 20.3 Å². The van der Waals surface area contributed by atoms with Crippen LogP contribution in [0.15, 0.2) is 0 Å². The Morgan fingerprint density at radius 1 is 1.54 bits per heavy atom. The standard InChI is InChI=1S/C9H15Cl2NO/c1-7-4-2-3-5-12(7)6-8(13)9(10)11/h7,9H,2-6H2,1H3. The van der Waals surface area contributed by atoms with Crippen LogP contribution in [-0.2, 0) is 4.79 Å². The van der Waals surface area contributed by atoms with Crippen molar-refractivity contribution in [2.45, 2.75) is 37.1 Å². The molecule has 0 aromatic heterocycles. The van der Waals surface area contributed by atoms with Gasteiger partial charge in [0.1, 0.15) is 0 Å². The number of ketones is 1. The van der Waals surface area contributed by atoms with E-state index in [1.807, 2.05) is 0 Å². The van der Waals surface area contributed by atoms with Gasteiger partial charge in [-0.2, -0.15) is 0 Å². The van der Waals surface area contributed by atoms with Gasteiger partial charge >= 0.3 is 0 Å². The third-order valence-electron chi connectivity index (χ3n) is 2.54. The Kier molecular flexibility index (Phi) is 4.50. The van der Waals surface area contributed by atoms with Gasteiger partial charge in [-0.15, -0.1) is 0 Å². The molecule has 1 heterocycles. The van der Waals surface area contributed by atoms with Gasteiger partial charge in [0.25, 0.3) is 0 Å². The van der Waals surface area contributed by atoms with Crippen LogP contribution in [0.2, 0.25) is 0 Å². The second-order valence-corrected chi connectivity index (χ2v) is 4.68. The normalized spacial score (nSPS) is 25.1. The van der Waals surface area contributed by atoms with Gasteiger partial charge in [0, 0.05) is 6.04 Å². The molecule has 2 nitrogen and oxygen atoms in total. The van der Waals surface area contributed by atoms with Crippen molar-refractivity contribution in [1.29, 1.82) is 0 Å². The van der Waals surface area contributed by atoms with Crippen molar-refractivity contribution in [1.82, 2.24) is 4.90 Å². The zero-order chi connectivity index (χ0) is 9.84. The van der Waals surface area contributed by atoms with E-state index in [2.05, 4.69) is 11.8 Å². The number of piperidine rings is 1. The average molecular weight is 224 g/mol. The van der Waals surface area contributed by atoms with E-state index >= 15 is 0 Å². The van der Waals surface area contributed by atoms with Crippen molar-refractivity contribution in [3.63, 3.8) is 0 Å². The molecule has 0 aliphatic carbocycles. The second-order valence-electron chi connectivity index (χ2n) is 3.58. The molecular weight excluding hydrogens is 209 g/mol. The van der Waals surface area contributed by atoms with Crippen LogP contribution in [0.3, 0.4) is 0 Å². The number of carbonyl (C=O) groups is 1. The minimum absolute atomic E-state index is 0.0860. The van der Waals surface area contributed by atoms with Gasteiger partial charge in [0.05, 0.1) is 6.54 Å². The van der Waals surface area contributed by atoms with E-state index in [1.54, 1.807) is 0 Å². The fourth-order valence-corrected chi connectivity index (χ4v) is 1.80. The number of hydrogen-bond acceptors (Lipinski definition) is 2. The summed E-state index contributed by atoms with van der Waals surface area (Å²) >= 11 is 11.0. The fraction of sp³-hybridized carbons (Fsp3) is 0.889. The summed E-state index contributed by atoms with van der Waals surface area (Å²) < 4.78 is 0. The highest BCUT2D eigenvalue weighted by molar-refractivity contribution is 6.53. The predicted molar refractivity (Wildman–Crippen MR) is 55.4 cm³/mol. The lowest BCUT2D eigenvalue weighted by molar-refractivity contribution is -0.119. The minimum atomic E-state index is -0.867. The van der Waals surface area contributed by atoms with Gasteiger partial charge in [0.2, 0.25) is 0 Å². The Balaban J connectivity index is 2.38. The van der Waals surface area contributed by atoms with Crippen LogP contribution in [0, 0.1) is 0 Å². The first kappa shape index (κ1) is 11.3. The maximum absolute atomic E-state index is 11.3. The molecule has 0 amide bonds. The highest BCUT2D eigenvalue weighted by atomic mass is 35.5. The summed E-state index contributed by atoms with van der Waals surface area (Å²) in [5, 5.41) is 0. The molecule has 4 heteroatoms. The molecule has 1 saturated heterocycles. The first-order valence-corrected chi connectivity index (χ1v) is 5.53. The van der Waals surface area contributed by atoms with Crippen LogP contribution in [0.25, 0.3) is 0 Å². The summed E-state index contributed by atoms with van der Waals surface area (Å²) in [5.41, 5.74) is 0. The number of carbonyl (C=O) groups excluding carboxylic acids is 1. The van der Waals surface area contributed by atoms with E-state index in [4.69, 9.17) is 23.2 Å². The predicted octanol–water partition coefficient (Wildman–Crippen LogP) is 2.23. The zero-order valence-corrected chi connectivity index (χ0v) is 9.31. The van der Waals surface area contributed by atoms with Gasteiger partial charge in [-0.05, 0) is 26.3 Å². The molecule has 13 heavy (non-hydrogen) atoms. The molecule has 1 aliphatic rings. The van der Waals surface area contributed by atoms with Crippen molar-refractivity contribution in [3.8, 4) is 0 Å². The van der Waals surface area contributed by atoms with Crippen LogP contribution in [0.5, 0.6) is 0 Å². The summed E-state index contributed by atoms with van der Waals surface area (Å²) in [4.78, 5) is 12.5. The van der Waals surface area contributed by atoms with Crippen LogP contribution in [-0.4, -0.2) is 34.7 Å². The molecule has 0 spiro atoms. The lowest BCUT2D eigenvalue weighted by Gasteiger charge is -2.32. The number of nitrogens with zero attached hydrogens (tertiary/aromatic N) is 1.